The van der Waals surface area contributed by atoms with E-state index in [9.17, 15) is 4.79 Å². The van der Waals surface area contributed by atoms with Gasteiger partial charge in [0, 0.05) is 38.3 Å². The van der Waals surface area contributed by atoms with Gasteiger partial charge < -0.3 is 30.3 Å². The summed E-state index contributed by atoms with van der Waals surface area (Å²) in [5, 5.41) is 3.05. The standard InChI is InChI=1S/C18H28N4O3/c19-5-1-2-18(23)20-16-4-3-15(21-6-10-24-11-7-21)14-17(16)22-8-12-25-13-9-22/h3-4,14H,1-2,5-13,19H2,(H,20,23). The molecule has 0 radical (unpaired) electrons. The highest BCUT2D eigenvalue weighted by molar-refractivity contribution is 5.95. The zero-order valence-electron chi connectivity index (χ0n) is 14.7. The minimum atomic E-state index is 0.0130. The highest BCUT2D eigenvalue weighted by atomic mass is 16.5. The van der Waals surface area contributed by atoms with Gasteiger partial charge in [0.2, 0.25) is 5.91 Å². The van der Waals surface area contributed by atoms with Gasteiger partial charge >= 0.3 is 0 Å². The zero-order chi connectivity index (χ0) is 17.5. The molecule has 25 heavy (non-hydrogen) atoms. The van der Waals surface area contributed by atoms with Gasteiger partial charge in [-0.25, -0.2) is 0 Å². The number of hydrogen-bond acceptors (Lipinski definition) is 6. The Morgan fingerprint density at radius 3 is 2.32 bits per heavy atom. The summed E-state index contributed by atoms with van der Waals surface area (Å²) in [6.07, 6.45) is 1.15. The molecule has 7 nitrogen and oxygen atoms in total. The summed E-state index contributed by atoms with van der Waals surface area (Å²) in [4.78, 5) is 16.8. The second-order valence-corrected chi connectivity index (χ2v) is 6.34. The van der Waals surface area contributed by atoms with Crippen LogP contribution in [0.1, 0.15) is 12.8 Å². The first kappa shape index (κ1) is 18.0. The third-order valence-electron chi connectivity index (χ3n) is 4.59. The molecule has 138 valence electrons. The number of morpholine rings is 2. The molecule has 0 spiro atoms. The summed E-state index contributed by atoms with van der Waals surface area (Å²) in [6, 6.07) is 6.26. The molecule has 0 bridgehead atoms. The molecule has 0 aromatic heterocycles. The first-order valence-corrected chi connectivity index (χ1v) is 9.07. The van der Waals surface area contributed by atoms with E-state index in [0.29, 0.717) is 32.6 Å². The second kappa shape index (κ2) is 9.03. The first-order chi connectivity index (χ1) is 12.3. The van der Waals surface area contributed by atoms with Crippen molar-refractivity contribution >= 4 is 23.0 Å². The van der Waals surface area contributed by atoms with Gasteiger partial charge in [0.15, 0.2) is 0 Å². The van der Waals surface area contributed by atoms with Crippen molar-refractivity contribution in [3.63, 3.8) is 0 Å². The molecule has 0 aliphatic carbocycles. The van der Waals surface area contributed by atoms with Crippen molar-refractivity contribution in [3.05, 3.63) is 18.2 Å². The van der Waals surface area contributed by atoms with E-state index in [2.05, 4.69) is 27.2 Å². The van der Waals surface area contributed by atoms with Gasteiger partial charge in [-0.05, 0) is 31.2 Å². The van der Waals surface area contributed by atoms with Crippen LogP contribution in [0.25, 0.3) is 0 Å². The predicted molar refractivity (Wildman–Crippen MR) is 99.4 cm³/mol. The van der Waals surface area contributed by atoms with Crippen LogP contribution in [0, 0.1) is 0 Å². The average Bonchev–Trinajstić information content (AvgIpc) is 2.68. The monoisotopic (exact) mass is 348 g/mol. The first-order valence-electron chi connectivity index (χ1n) is 9.07. The number of carbonyl (C=O) groups excluding carboxylic acids is 1. The number of nitrogens with two attached hydrogens (primary N) is 1. The number of amides is 1. The molecule has 2 aliphatic rings. The lowest BCUT2D eigenvalue weighted by molar-refractivity contribution is -0.116. The Hall–Kier alpha value is -1.83. The fourth-order valence-electron chi connectivity index (χ4n) is 3.19. The molecule has 2 saturated heterocycles. The SMILES string of the molecule is NCCCC(=O)Nc1ccc(N2CCOCC2)cc1N1CCOCC1. The van der Waals surface area contributed by atoms with Crippen LogP contribution in [0.5, 0.6) is 0 Å². The number of anilines is 3. The van der Waals surface area contributed by atoms with E-state index >= 15 is 0 Å². The average molecular weight is 348 g/mol. The van der Waals surface area contributed by atoms with Crippen molar-refractivity contribution < 1.29 is 14.3 Å². The van der Waals surface area contributed by atoms with Gasteiger partial charge in [-0.1, -0.05) is 0 Å². The largest absolute Gasteiger partial charge is 0.378 e. The molecule has 2 fully saturated rings. The maximum atomic E-state index is 12.2. The summed E-state index contributed by atoms with van der Waals surface area (Å²) < 4.78 is 10.9. The molecule has 3 N–H and O–H groups in total. The number of nitrogens with one attached hydrogen (secondary N) is 1. The highest BCUT2D eigenvalue weighted by Gasteiger charge is 2.19. The summed E-state index contributed by atoms with van der Waals surface area (Å²) in [7, 11) is 0. The van der Waals surface area contributed by atoms with E-state index in [0.717, 1.165) is 50.8 Å². The van der Waals surface area contributed by atoms with Gasteiger partial charge in [0.25, 0.3) is 0 Å². The van der Waals surface area contributed by atoms with E-state index in [4.69, 9.17) is 15.2 Å². The number of nitrogens with zero attached hydrogens (tertiary/aromatic N) is 2. The smallest absolute Gasteiger partial charge is 0.224 e. The van der Waals surface area contributed by atoms with Gasteiger partial charge in [-0.2, -0.15) is 0 Å². The lowest BCUT2D eigenvalue weighted by Crippen LogP contribution is -2.38. The Balaban J connectivity index is 1.80. The van der Waals surface area contributed by atoms with Crippen molar-refractivity contribution in [1.29, 1.82) is 0 Å². The van der Waals surface area contributed by atoms with Crippen LogP contribution in [0.15, 0.2) is 18.2 Å². The lowest BCUT2D eigenvalue weighted by Gasteiger charge is -2.33. The van der Waals surface area contributed by atoms with E-state index in [-0.39, 0.29) is 5.91 Å². The Labute approximate surface area is 149 Å². The number of benzene rings is 1. The Morgan fingerprint density at radius 2 is 1.68 bits per heavy atom. The van der Waals surface area contributed by atoms with Crippen molar-refractivity contribution in [3.8, 4) is 0 Å². The number of ether oxygens (including phenoxy) is 2. The number of carbonyl (C=O) groups is 1. The molecule has 1 amide bonds. The third kappa shape index (κ3) is 4.84. The van der Waals surface area contributed by atoms with Gasteiger partial charge in [-0.15, -0.1) is 0 Å². The quantitative estimate of drug-likeness (QED) is 0.800. The van der Waals surface area contributed by atoms with Gasteiger partial charge in [-0.3, -0.25) is 4.79 Å². The van der Waals surface area contributed by atoms with Crippen molar-refractivity contribution in [2.24, 2.45) is 5.73 Å². The molecule has 2 aliphatic heterocycles. The predicted octanol–water partition coefficient (Wildman–Crippen LogP) is 1.04. The molecule has 1 aromatic carbocycles. The molecule has 7 heteroatoms. The van der Waals surface area contributed by atoms with Gasteiger partial charge in [0.05, 0.1) is 37.8 Å². The third-order valence-corrected chi connectivity index (χ3v) is 4.59. The second-order valence-electron chi connectivity index (χ2n) is 6.34. The summed E-state index contributed by atoms with van der Waals surface area (Å²) in [5.41, 5.74) is 8.60. The fraction of sp³-hybridized carbons (Fsp3) is 0.611. The maximum Gasteiger partial charge on any atom is 0.224 e. The Morgan fingerprint density at radius 1 is 1.04 bits per heavy atom. The molecule has 0 unspecified atom stereocenters. The molecule has 0 atom stereocenters. The summed E-state index contributed by atoms with van der Waals surface area (Å²) in [6.45, 7) is 6.91. The number of hydrogen-bond donors (Lipinski definition) is 2. The molecule has 1 aromatic rings. The van der Waals surface area contributed by atoms with Crippen molar-refractivity contribution in [2.75, 3.05) is 74.3 Å². The zero-order valence-corrected chi connectivity index (χ0v) is 14.7. The maximum absolute atomic E-state index is 12.2. The topological polar surface area (TPSA) is 80.1 Å². The minimum absolute atomic E-state index is 0.0130. The number of rotatable bonds is 6. The van der Waals surface area contributed by atoms with Crippen LogP contribution in [-0.4, -0.2) is 65.1 Å². The van der Waals surface area contributed by atoms with E-state index in [1.807, 2.05) is 6.07 Å². The fourth-order valence-corrected chi connectivity index (χ4v) is 3.19. The Bertz CT molecular complexity index is 569. The summed E-state index contributed by atoms with van der Waals surface area (Å²) in [5.74, 6) is 0.0130. The van der Waals surface area contributed by atoms with Crippen LogP contribution in [-0.2, 0) is 14.3 Å². The lowest BCUT2D eigenvalue weighted by atomic mass is 10.1. The minimum Gasteiger partial charge on any atom is -0.378 e. The van der Waals surface area contributed by atoms with Crippen LogP contribution in [0.4, 0.5) is 17.1 Å². The highest BCUT2D eigenvalue weighted by Crippen LogP contribution is 2.32. The molecule has 3 rings (SSSR count). The van der Waals surface area contributed by atoms with Crippen molar-refractivity contribution in [2.45, 2.75) is 12.8 Å². The van der Waals surface area contributed by atoms with Crippen LogP contribution in [0.2, 0.25) is 0 Å². The van der Waals surface area contributed by atoms with Crippen LogP contribution >= 0.6 is 0 Å². The molecule has 0 saturated carbocycles. The van der Waals surface area contributed by atoms with E-state index < -0.39 is 0 Å². The summed E-state index contributed by atoms with van der Waals surface area (Å²) >= 11 is 0. The van der Waals surface area contributed by atoms with Crippen LogP contribution in [0.3, 0.4) is 0 Å². The van der Waals surface area contributed by atoms with Crippen molar-refractivity contribution in [1.82, 2.24) is 0 Å². The molecular formula is C18H28N4O3. The molecular weight excluding hydrogens is 320 g/mol. The Kier molecular flexibility index (Phi) is 6.49. The molecule has 2 heterocycles. The normalized spacial score (nSPS) is 18.3. The van der Waals surface area contributed by atoms with Gasteiger partial charge in [0.1, 0.15) is 0 Å². The van der Waals surface area contributed by atoms with Crippen LogP contribution < -0.4 is 20.9 Å². The van der Waals surface area contributed by atoms with E-state index in [1.165, 1.54) is 5.69 Å². The van der Waals surface area contributed by atoms with E-state index in [1.54, 1.807) is 0 Å².